The summed E-state index contributed by atoms with van der Waals surface area (Å²) in [6, 6.07) is 12.4. The molecule has 1 aliphatic heterocycles. The predicted molar refractivity (Wildman–Crippen MR) is 87.7 cm³/mol. The summed E-state index contributed by atoms with van der Waals surface area (Å²) in [6.07, 6.45) is 0. The van der Waals surface area contributed by atoms with Crippen molar-refractivity contribution in [2.45, 2.75) is 13.8 Å². The molecule has 0 aliphatic carbocycles. The third-order valence-corrected chi connectivity index (χ3v) is 3.84. The van der Waals surface area contributed by atoms with Crippen LogP contribution in [0.3, 0.4) is 0 Å². The summed E-state index contributed by atoms with van der Waals surface area (Å²) < 4.78 is 0. The summed E-state index contributed by atoms with van der Waals surface area (Å²) in [5.74, 6) is -1.57. The van der Waals surface area contributed by atoms with Gasteiger partial charge in [-0.1, -0.05) is 29.8 Å². The van der Waals surface area contributed by atoms with Crippen LogP contribution in [0.4, 0.5) is 11.4 Å². The predicted octanol–water partition coefficient (Wildman–Crippen LogP) is 2.47. The van der Waals surface area contributed by atoms with Crippen molar-refractivity contribution in [3.05, 3.63) is 59.2 Å². The largest absolute Gasteiger partial charge is 0.324 e. The summed E-state index contributed by atoms with van der Waals surface area (Å²) >= 11 is 0. The number of hydrogen-bond donors (Lipinski definition) is 1. The standard InChI is InChI=1S/C18H16N2O3/c1-11-7-8-14(12(2)9-11)19-16(21)10-20-15-6-4-3-5-13(15)17(22)18(20)23/h3-9H,10H2,1-2H3,(H,19,21). The van der Waals surface area contributed by atoms with Crippen LogP contribution in [0.2, 0.25) is 0 Å². The molecule has 1 N–H and O–H groups in total. The van der Waals surface area contributed by atoms with E-state index in [1.807, 2.05) is 32.0 Å². The number of fused-ring (bicyclic) bond motifs is 1. The molecule has 5 nitrogen and oxygen atoms in total. The highest BCUT2D eigenvalue weighted by Crippen LogP contribution is 2.28. The molecule has 0 fully saturated rings. The van der Waals surface area contributed by atoms with E-state index in [4.69, 9.17) is 0 Å². The normalized spacial score (nSPS) is 13.2. The van der Waals surface area contributed by atoms with Crippen LogP contribution in [0.1, 0.15) is 21.5 Å². The van der Waals surface area contributed by atoms with Crippen LogP contribution in [-0.2, 0) is 9.59 Å². The zero-order valence-corrected chi connectivity index (χ0v) is 12.9. The van der Waals surface area contributed by atoms with Crippen LogP contribution in [0.15, 0.2) is 42.5 Å². The number of nitrogens with one attached hydrogen (secondary N) is 1. The maximum Gasteiger partial charge on any atom is 0.299 e. The van der Waals surface area contributed by atoms with Crippen molar-refractivity contribution in [1.29, 1.82) is 0 Å². The van der Waals surface area contributed by atoms with Gasteiger partial charge in [0.25, 0.3) is 11.7 Å². The van der Waals surface area contributed by atoms with Crippen molar-refractivity contribution in [2.75, 3.05) is 16.8 Å². The van der Waals surface area contributed by atoms with Gasteiger partial charge in [-0.25, -0.2) is 0 Å². The lowest BCUT2D eigenvalue weighted by Crippen LogP contribution is -2.37. The number of amides is 2. The smallest absolute Gasteiger partial charge is 0.299 e. The fourth-order valence-electron chi connectivity index (χ4n) is 2.69. The highest BCUT2D eigenvalue weighted by molar-refractivity contribution is 6.52. The molecular formula is C18H16N2O3. The van der Waals surface area contributed by atoms with Gasteiger partial charge in [0.05, 0.1) is 11.3 Å². The van der Waals surface area contributed by atoms with Gasteiger partial charge in [-0.15, -0.1) is 0 Å². The Kier molecular flexibility index (Phi) is 3.70. The van der Waals surface area contributed by atoms with Gasteiger partial charge >= 0.3 is 0 Å². The summed E-state index contributed by atoms with van der Waals surface area (Å²) in [5, 5.41) is 2.79. The third kappa shape index (κ3) is 2.73. The van der Waals surface area contributed by atoms with Gasteiger partial charge in [0.15, 0.2) is 0 Å². The number of benzene rings is 2. The van der Waals surface area contributed by atoms with E-state index < -0.39 is 11.7 Å². The molecule has 1 aliphatic rings. The maximum absolute atomic E-state index is 12.3. The Morgan fingerprint density at radius 2 is 1.83 bits per heavy atom. The van der Waals surface area contributed by atoms with Gasteiger partial charge < -0.3 is 5.32 Å². The molecule has 1 heterocycles. The third-order valence-electron chi connectivity index (χ3n) is 3.84. The molecule has 5 heteroatoms. The molecule has 2 amide bonds. The quantitative estimate of drug-likeness (QED) is 0.886. The molecule has 0 saturated carbocycles. The first-order chi connectivity index (χ1) is 11.0. The van der Waals surface area contributed by atoms with Crippen LogP contribution >= 0.6 is 0 Å². The molecule has 23 heavy (non-hydrogen) atoms. The SMILES string of the molecule is Cc1ccc(NC(=O)CN2C(=O)C(=O)c3ccccc32)c(C)c1. The molecule has 2 aromatic carbocycles. The number of para-hydroxylation sites is 1. The number of hydrogen-bond acceptors (Lipinski definition) is 3. The Morgan fingerprint density at radius 3 is 2.57 bits per heavy atom. The first-order valence-corrected chi connectivity index (χ1v) is 7.29. The van der Waals surface area contributed by atoms with Crippen LogP contribution in [0.25, 0.3) is 0 Å². The second-order valence-electron chi connectivity index (χ2n) is 5.60. The highest BCUT2D eigenvalue weighted by atomic mass is 16.2. The topological polar surface area (TPSA) is 66.5 Å². The minimum atomic E-state index is -0.665. The van der Waals surface area contributed by atoms with E-state index in [1.54, 1.807) is 24.3 Å². The molecule has 0 radical (unpaired) electrons. The lowest BCUT2D eigenvalue weighted by Gasteiger charge is -2.16. The van der Waals surface area contributed by atoms with Crippen LogP contribution in [0.5, 0.6) is 0 Å². The number of aryl methyl sites for hydroxylation is 2. The van der Waals surface area contributed by atoms with Crippen molar-refractivity contribution >= 4 is 29.0 Å². The minimum absolute atomic E-state index is 0.186. The fourth-order valence-corrected chi connectivity index (χ4v) is 2.69. The van der Waals surface area contributed by atoms with Gasteiger partial charge in [-0.3, -0.25) is 19.3 Å². The van der Waals surface area contributed by atoms with Crippen molar-refractivity contribution in [3.63, 3.8) is 0 Å². The first-order valence-electron chi connectivity index (χ1n) is 7.29. The second-order valence-corrected chi connectivity index (χ2v) is 5.60. The van der Waals surface area contributed by atoms with Crippen LogP contribution in [0, 0.1) is 13.8 Å². The van der Waals surface area contributed by atoms with Gasteiger partial charge in [0.1, 0.15) is 6.54 Å². The van der Waals surface area contributed by atoms with Gasteiger partial charge in [-0.2, -0.15) is 0 Å². The molecule has 3 rings (SSSR count). The van der Waals surface area contributed by atoms with Crippen LogP contribution < -0.4 is 10.2 Å². The van der Waals surface area contributed by atoms with E-state index in [-0.39, 0.29) is 12.5 Å². The first kappa shape index (κ1) is 15.0. The number of nitrogens with zero attached hydrogens (tertiary/aromatic N) is 1. The summed E-state index contributed by atoms with van der Waals surface area (Å²) in [7, 11) is 0. The van der Waals surface area contributed by atoms with E-state index in [0.717, 1.165) is 11.1 Å². The average molecular weight is 308 g/mol. The Labute approximate surface area is 133 Å². The van der Waals surface area contributed by atoms with E-state index in [9.17, 15) is 14.4 Å². The Bertz CT molecular complexity index is 827. The zero-order valence-electron chi connectivity index (χ0n) is 12.9. The number of carbonyl (C=O) groups is 3. The Morgan fingerprint density at radius 1 is 1.09 bits per heavy atom. The summed E-state index contributed by atoms with van der Waals surface area (Å²) in [4.78, 5) is 37.4. The Hall–Kier alpha value is -2.95. The number of anilines is 2. The van der Waals surface area contributed by atoms with Crippen molar-refractivity contribution in [2.24, 2.45) is 0 Å². The van der Waals surface area contributed by atoms with Gasteiger partial charge in [0, 0.05) is 5.69 Å². The van der Waals surface area contributed by atoms with E-state index >= 15 is 0 Å². The molecular weight excluding hydrogens is 292 g/mol. The number of rotatable bonds is 3. The zero-order chi connectivity index (χ0) is 16.6. The summed E-state index contributed by atoms with van der Waals surface area (Å²) in [6.45, 7) is 3.70. The highest BCUT2D eigenvalue weighted by Gasteiger charge is 2.36. The van der Waals surface area contributed by atoms with E-state index in [1.165, 1.54) is 4.90 Å². The molecule has 0 spiro atoms. The molecule has 116 valence electrons. The minimum Gasteiger partial charge on any atom is -0.324 e. The van der Waals surface area contributed by atoms with Gasteiger partial charge in [0.2, 0.25) is 5.91 Å². The van der Waals surface area contributed by atoms with Crippen molar-refractivity contribution < 1.29 is 14.4 Å². The number of Topliss-reactive ketones (excluding diaryl/α,β-unsaturated/α-hetero) is 1. The summed E-state index contributed by atoms with van der Waals surface area (Å²) in [5.41, 5.74) is 3.58. The lowest BCUT2D eigenvalue weighted by molar-refractivity contribution is -0.118. The van der Waals surface area contributed by atoms with Crippen LogP contribution in [-0.4, -0.2) is 24.1 Å². The van der Waals surface area contributed by atoms with E-state index in [2.05, 4.69) is 5.32 Å². The fraction of sp³-hybridized carbons (Fsp3) is 0.167. The van der Waals surface area contributed by atoms with Gasteiger partial charge in [-0.05, 0) is 37.6 Å². The molecule has 0 unspecified atom stereocenters. The monoisotopic (exact) mass is 308 g/mol. The van der Waals surface area contributed by atoms with Crippen molar-refractivity contribution in [3.8, 4) is 0 Å². The second kappa shape index (κ2) is 5.68. The maximum atomic E-state index is 12.3. The molecule has 0 saturated heterocycles. The van der Waals surface area contributed by atoms with E-state index in [0.29, 0.717) is 16.9 Å². The number of carbonyl (C=O) groups excluding carboxylic acids is 3. The molecule has 0 bridgehead atoms. The Balaban J connectivity index is 1.78. The lowest BCUT2D eigenvalue weighted by atomic mass is 10.1. The molecule has 2 aromatic rings. The number of ketones is 1. The molecule has 0 aromatic heterocycles. The van der Waals surface area contributed by atoms with Crippen molar-refractivity contribution in [1.82, 2.24) is 0 Å². The molecule has 0 atom stereocenters. The average Bonchev–Trinajstić information content (AvgIpc) is 2.76.